The van der Waals surface area contributed by atoms with Crippen LogP contribution in [-0.2, 0) is 32.5 Å². The van der Waals surface area contributed by atoms with Gasteiger partial charge in [-0.3, -0.25) is 18.8 Å². The molecule has 8 nitrogen and oxygen atoms in total. The Bertz CT molecular complexity index is 1030. The van der Waals surface area contributed by atoms with Gasteiger partial charge in [0.1, 0.15) is 0 Å². The van der Waals surface area contributed by atoms with E-state index in [2.05, 4.69) is 10.3 Å². The van der Waals surface area contributed by atoms with Crippen molar-refractivity contribution in [2.24, 2.45) is 0 Å². The van der Waals surface area contributed by atoms with Crippen LogP contribution >= 0.6 is 11.3 Å². The Labute approximate surface area is 173 Å². The summed E-state index contributed by atoms with van der Waals surface area (Å²) >= 11 is 1.34. The predicted molar refractivity (Wildman–Crippen MR) is 112 cm³/mol. The fourth-order valence-corrected chi connectivity index (χ4v) is 5.90. The van der Waals surface area contributed by atoms with Gasteiger partial charge in [0.2, 0.25) is 21.8 Å². The molecule has 0 saturated carbocycles. The number of rotatable bonds is 7. The van der Waals surface area contributed by atoms with E-state index in [9.17, 15) is 18.0 Å². The lowest BCUT2D eigenvalue weighted by Gasteiger charge is -2.19. The maximum absolute atomic E-state index is 12.6. The Morgan fingerprint density at radius 2 is 2.03 bits per heavy atom. The summed E-state index contributed by atoms with van der Waals surface area (Å²) in [6, 6.07) is 7.47. The second kappa shape index (κ2) is 8.11. The molecule has 1 N–H and O–H groups in total. The van der Waals surface area contributed by atoms with Gasteiger partial charge in [0.25, 0.3) is 0 Å². The molecule has 2 aromatic rings. The first-order valence-electron chi connectivity index (χ1n) is 9.54. The molecule has 1 saturated heterocycles. The maximum Gasteiger partial charge on any atom is 0.236 e. The van der Waals surface area contributed by atoms with E-state index in [-0.39, 0.29) is 30.5 Å². The molecule has 0 atom stereocenters. The number of benzene rings is 1. The van der Waals surface area contributed by atoms with Crippen molar-refractivity contribution < 1.29 is 18.0 Å². The minimum absolute atomic E-state index is 0.0431. The first kappa shape index (κ1) is 19.8. The van der Waals surface area contributed by atoms with Gasteiger partial charge < -0.3 is 5.32 Å². The summed E-state index contributed by atoms with van der Waals surface area (Å²) in [5.41, 5.74) is 2.33. The van der Waals surface area contributed by atoms with Crippen LogP contribution in [0, 0.1) is 0 Å². The van der Waals surface area contributed by atoms with E-state index in [1.807, 2.05) is 24.3 Å². The average Bonchev–Trinajstić information content (AvgIpc) is 3.40. The van der Waals surface area contributed by atoms with Crippen LogP contribution in [0.5, 0.6) is 0 Å². The summed E-state index contributed by atoms with van der Waals surface area (Å²) in [6.45, 7) is 1.14. The zero-order chi connectivity index (χ0) is 20.4. The van der Waals surface area contributed by atoms with Crippen LogP contribution in [0.4, 0.5) is 10.8 Å². The third-order valence-electron chi connectivity index (χ3n) is 5.05. The second-order valence-electron chi connectivity index (χ2n) is 7.06. The Morgan fingerprint density at radius 1 is 1.21 bits per heavy atom. The molecular weight excluding hydrogens is 412 g/mol. The molecule has 0 unspecified atom stereocenters. The summed E-state index contributed by atoms with van der Waals surface area (Å²) in [5, 5.41) is 5.04. The van der Waals surface area contributed by atoms with Crippen LogP contribution < -0.4 is 14.5 Å². The van der Waals surface area contributed by atoms with Crippen LogP contribution in [0.2, 0.25) is 0 Å². The molecule has 10 heteroatoms. The van der Waals surface area contributed by atoms with Crippen molar-refractivity contribution in [1.82, 2.24) is 10.3 Å². The lowest BCUT2D eigenvalue weighted by Crippen LogP contribution is -2.37. The summed E-state index contributed by atoms with van der Waals surface area (Å²) in [4.78, 5) is 30.0. The lowest BCUT2D eigenvalue weighted by atomic mass is 10.2. The molecule has 2 amide bonds. The number of carbonyl (C=O) groups is 2. The summed E-state index contributed by atoms with van der Waals surface area (Å²) in [5.74, 6) is -0.381. The number of amides is 2. The zero-order valence-electron chi connectivity index (χ0n) is 15.8. The highest BCUT2D eigenvalue weighted by Gasteiger charge is 2.29. The molecule has 29 heavy (non-hydrogen) atoms. The van der Waals surface area contributed by atoms with E-state index < -0.39 is 10.0 Å². The zero-order valence-corrected chi connectivity index (χ0v) is 17.5. The molecule has 1 aromatic heterocycles. The molecule has 2 aliphatic heterocycles. The van der Waals surface area contributed by atoms with E-state index in [1.165, 1.54) is 15.6 Å². The van der Waals surface area contributed by atoms with E-state index in [0.717, 1.165) is 17.7 Å². The van der Waals surface area contributed by atoms with Crippen molar-refractivity contribution in [2.45, 2.75) is 25.7 Å². The fourth-order valence-electron chi connectivity index (χ4n) is 3.61. The Balaban J connectivity index is 1.28. The van der Waals surface area contributed by atoms with Crippen LogP contribution in [-0.4, -0.2) is 50.6 Å². The summed E-state index contributed by atoms with van der Waals surface area (Å²) in [7, 11) is -3.49. The first-order valence-corrected chi connectivity index (χ1v) is 12.0. The SMILES string of the molecule is O=C(Cc1csc(N2CCCC2=O)n1)NCCS(=O)(=O)N1CCc2ccccc21. The van der Waals surface area contributed by atoms with Gasteiger partial charge in [-0.2, -0.15) is 0 Å². The number of thiazole rings is 1. The van der Waals surface area contributed by atoms with E-state index in [0.29, 0.717) is 36.8 Å². The maximum atomic E-state index is 12.6. The van der Waals surface area contributed by atoms with Gasteiger partial charge >= 0.3 is 0 Å². The van der Waals surface area contributed by atoms with Gasteiger partial charge in [0, 0.05) is 31.4 Å². The van der Waals surface area contributed by atoms with E-state index in [4.69, 9.17) is 0 Å². The van der Waals surface area contributed by atoms with Gasteiger partial charge in [-0.05, 0) is 24.5 Å². The van der Waals surface area contributed by atoms with E-state index >= 15 is 0 Å². The Kier molecular flexibility index (Phi) is 5.55. The van der Waals surface area contributed by atoms with Crippen molar-refractivity contribution in [3.8, 4) is 0 Å². The van der Waals surface area contributed by atoms with Gasteiger partial charge in [-0.15, -0.1) is 11.3 Å². The minimum atomic E-state index is -3.49. The monoisotopic (exact) mass is 434 g/mol. The van der Waals surface area contributed by atoms with Crippen molar-refractivity contribution in [3.63, 3.8) is 0 Å². The van der Waals surface area contributed by atoms with Crippen LogP contribution in [0.15, 0.2) is 29.6 Å². The number of hydrogen-bond acceptors (Lipinski definition) is 6. The second-order valence-corrected chi connectivity index (χ2v) is 9.91. The number of nitrogens with one attached hydrogen (secondary N) is 1. The number of para-hydroxylation sites is 1. The number of fused-ring (bicyclic) bond motifs is 1. The van der Waals surface area contributed by atoms with Crippen LogP contribution in [0.1, 0.15) is 24.1 Å². The van der Waals surface area contributed by atoms with Crippen molar-refractivity contribution in [2.75, 3.05) is 34.6 Å². The van der Waals surface area contributed by atoms with Gasteiger partial charge in [0.15, 0.2) is 5.13 Å². The number of hydrogen-bond donors (Lipinski definition) is 1. The Hall–Kier alpha value is -2.46. The number of sulfonamides is 1. The molecule has 0 bridgehead atoms. The van der Waals surface area contributed by atoms with Gasteiger partial charge in [-0.25, -0.2) is 13.4 Å². The highest BCUT2D eigenvalue weighted by molar-refractivity contribution is 7.92. The largest absolute Gasteiger partial charge is 0.355 e. The molecule has 0 aliphatic carbocycles. The molecule has 0 radical (unpaired) electrons. The van der Waals surface area contributed by atoms with Crippen LogP contribution in [0.25, 0.3) is 0 Å². The third kappa shape index (κ3) is 4.27. The highest BCUT2D eigenvalue weighted by atomic mass is 32.2. The third-order valence-corrected chi connectivity index (χ3v) is 7.73. The highest BCUT2D eigenvalue weighted by Crippen LogP contribution is 2.30. The standard InChI is InChI=1S/C19H22N4O4S2/c24-17(12-15-13-28-19(21-15)22-9-3-6-18(22)25)20-8-11-29(26,27)23-10-7-14-4-1-2-5-16(14)23/h1-2,4-5,13H,3,6-12H2,(H,20,24). The Morgan fingerprint density at radius 3 is 2.83 bits per heavy atom. The molecule has 1 aromatic carbocycles. The molecule has 0 spiro atoms. The lowest BCUT2D eigenvalue weighted by molar-refractivity contribution is -0.120. The summed E-state index contributed by atoms with van der Waals surface area (Å²) < 4.78 is 26.7. The van der Waals surface area contributed by atoms with Gasteiger partial charge in [-0.1, -0.05) is 18.2 Å². The number of anilines is 2. The van der Waals surface area contributed by atoms with Crippen molar-refractivity contribution in [1.29, 1.82) is 0 Å². The quantitative estimate of drug-likeness (QED) is 0.709. The molecule has 1 fully saturated rings. The number of aromatic nitrogens is 1. The fraction of sp³-hybridized carbons (Fsp3) is 0.421. The van der Waals surface area contributed by atoms with Crippen molar-refractivity contribution in [3.05, 3.63) is 40.9 Å². The topological polar surface area (TPSA) is 99.7 Å². The normalized spacial score (nSPS) is 16.3. The average molecular weight is 435 g/mol. The molecule has 3 heterocycles. The molecule has 2 aliphatic rings. The molecular formula is C19H22N4O4S2. The van der Waals surface area contributed by atoms with Crippen molar-refractivity contribution >= 4 is 44.0 Å². The van der Waals surface area contributed by atoms with Crippen LogP contribution in [0.3, 0.4) is 0 Å². The predicted octanol–water partition coefficient (Wildman–Crippen LogP) is 1.32. The number of nitrogens with zero attached hydrogens (tertiary/aromatic N) is 3. The van der Waals surface area contributed by atoms with E-state index in [1.54, 1.807) is 10.3 Å². The smallest absolute Gasteiger partial charge is 0.236 e. The molecule has 4 rings (SSSR count). The minimum Gasteiger partial charge on any atom is -0.355 e. The number of carbonyl (C=O) groups excluding carboxylic acids is 2. The summed E-state index contributed by atoms with van der Waals surface area (Å²) in [6.07, 6.45) is 2.12. The molecule has 154 valence electrons. The van der Waals surface area contributed by atoms with Gasteiger partial charge in [0.05, 0.1) is 23.6 Å². The first-order chi connectivity index (χ1) is 13.9.